The topological polar surface area (TPSA) is 556 Å². The molecule has 6 atom stereocenters. The second-order valence-corrected chi connectivity index (χ2v) is 18.8. The highest BCUT2D eigenvalue weighted by Gasteiger charge is 2.58. The van der Waals surface area contributed by atoms with Gasteiger partial charge in [-0.15, -0.1) is 0 Å². The largest absolute Gasteiger partial charge is 0.490 e. The molecule has 0 radical (unpaired) electrons. The van der Waals surface area contributed by atoms with Crippen LogP contribution in [-0.4, -0.2) is 155 Å². The Morgan fingerprint density at radius 1 is 0.839 bits per heavy atom. The lowest BCUT2D eigenvalue weighted by Crippen LogP contribution is -2.33. The number of aliphatic hydroxyl groups is 7. The van der Waals surface area contributed by atoms with Crippen molar-refractivity contribution in [2.45, 2.75) is 62.5 Å². The molecule has 1 fully saturated rings. The SMILES string of the molecule is CC(=O)C(O)O.CC(=O)C(O)O.NCCC(O)(P(=O)(O)O)P(=O)(O)O.Nc1ncnc2c1ncn2[C@@H]1O[C@H](COP(=O)(O)OP(=O)(O)OP(=O)(O)O)[C@@H](O)[C@H]1O. The Hall–Kier alpha value is -1.96. The first kappa shape index (κ1) is 54.0. The predicted molar refractivity (Wildman–Crippen MR) is 176 cm³/mol. The minimum atomic E-state index is -5.70. The standard InChI is InChI=1S/C10H16N5O13P3.C3H11NO7P2.2C3H6O3/c11-8-5-9(13-2-12-8)15(3-14-5)10-7(17)6(16)4(26-10)1-25-30(21,22)28-31(23,24)27-29(18,19)20;4-2-1-3(5,12(6,7)8)13(9,10)11;2*1-2(4)3(5)6/h2-4,6-7,10,16-17H,1H2,(H,21,22)(H,23,24)(H2,11,12,13)(H2,18,19,20);5H,1-2,4H2,(H2,6,7,8)(H2,9,10,11);2*3,5-6H,1H3/t4-,6-,7-,10-;;;/m1.../s1. The van der Waals surface area contributed by atoms with E-state index < -0.39 is 112 Å². The molecule has 1 aliphatic heterocycles. The maximum atomic E-state index is 11.8. The monoisotopic (exact) mass is 922 g/mol. The third kappa shape index (κ3) is 17.1. The van der Waals surface area contributed by atoms with E-state index in [0.29, 0.717) is 0 Å². The minimum Gasteiger partial charge on any atom is -0.387 e. The van der Waals surface area contributed by atoms with Gasteiger partial charge in [0.25, 0.3) is 5.08 Å². The van der Waals surface area contributed by atoms with Crippen molar-refractivity contribution in [2.24, 2.45) is 5.73 Å². The van der Waals surface area contributed by atoms with Crippen molar-refractivity contribution in [2.75, 3.05) is 18.9 Å². The number of ketones is 2. The molecule has 0 aromatic carbocycles. The van der Waals surface area contributed by atoms with Gasteiger partial charge in [0.2, 0.25) is 12.6 Å². The van der Waals surface area contributed by atoms with Crippen molar-refractivity contribution < 1.29 is 125 Å². The molecule has 0 saturated carbocycles. The number of ether oxygens (including phenoxy) is 1. The van der Waals surface area contributed by atoms with Crippen LogP contribution in [0.3, 0.4) is 0 Å². The normalized spacial score (nSPS) is 21.1. The van der Waals surface area contributed by atoms with Gasteiger partial charge in [0.15, 0.2) is 29.3 Å². The Labute approximate surface area is 311 Å². The van der Waals surface area contributed by atoms with Gasteiger partial charge < -0.3 is 91.1 Å². The number of aliphatic hydroxyl groups excluding tert-OH is 4. The van der Waals surface area contributed by atoms with Gasteiger partial charge in [-0.2, -0.15) is 8.62 Å². The van der Waals surface area contributed by atoms with Gasteiger partial charge in [-0.1, -0.05) is 0 Å². The van der Waals surface area contributed by atoms with Crippen molar-refractivity contribution in [1.82, 2.24) is 19.5 Å². The van der Waals surface area contributed by atoms with Crippen molar-refractivity contribution in [3.8, 4) is 0 Å². The molecule has 37 heteroatoms. The number of hydrogen-bond acceptors (Lipinski definition) is 23. The number of hydrogen-bond donors (Lipinski definition) is 17. The zero-order valence-electron chi connectivity index (χ0n) is 28.1. The molecule has 1 saturated heterocycles. The van der Waals surface area contributed by atoms with E-state index in [1.165, 1.54) is 10.9 Å². The lowest BCUT2D eigenvalue weighted by molar-refractivity contribution is -0.142. The molecule has 32 nitrogen and oxygen atoms in total. The summed E-state index contributed by atoms with van der Waals surface area (Å²) in [6.07, 6.45) is -8.14. The number of phosphoric acid groups is 3. The molecule has 2 aromatic rings. The molecule has 2 unspecified atom stereocenters. The number of carbonyl (C=O) groups is 2. The van der Waals surface area contributed by atoms with Crippen LogP contribution in [0.4, 0.5) is 5.82 Å². The number of rotatable bonds is 14. The highest BCUT2D eigenvalue weighted by atomic mass is 31.3. The number of nitrogen functional groups attached to an aromatic ring is 1. The highest BCUT2D eigenvalue weighted by molar-refractivity contribution is 7.72. The fraction of sp³-hybridized carbons (Fsp3) is 0.632. The van der Waals surface area contributed by atoms with Crippen LogP contribution in [0.25, 0.3) is 11.2 Å². The average molecular weight is 922 g/mol. The summed E-state index contributed by atoms with van der Waals surface area (Å²) >= 11 is 0. The summed E-state index contributed by atoms with van der Waals surface area (Å²) < 4.78 is 73.1. The third-order valence-electron chi connectivity index (χ3n) is 5.96. The number of fused-ring (bicyclic) bond motifs is 1. The summed E-state index contributed by atoms with van der Waals surface area (Å²) in [7, 11) is -27.3. The molecular formula is C19H39N6O26P5. The number of carbonyl (C=O) groups excluding carboxylic acids is 2. The van der Waals surface area contributed by atoms with E-state index in [0.717, 1.165) is 20.2 Å². The molecule has 19 N–H and O–H groups in total. The third-order valence-corrected chi connectivity index (χ3v) is 13.6. The molecule has 1 aliphatic rings. The quantitative estimate of drug-likeness (QED) is 0.0621. The van der Waals surface area contributed by atoms with Crippen molar-refractivity contribution in [1.29, 1.82) is 0 Å². The average Bonchev–Trinajstić information content (AvgIpc) is 3.55. The zero-order valence-corrected chi connectivity index (χ0v) is 32.6. The van der Waals surface area contributed by atoms with E-state index in [1.807, 2.05) is 0 Å². The van der Waals surface area contributed by atoms with E-state index >= 15 is 0 Å². The zero-order chi connectivity index (χ0) is 44.4. The molecule has 3 heterocycles. The second kappa shape index (κ2) is 21.3. The molecule has 0 amide bonds. The van der Waals surface area contributed by atoms with Crippen LogP contribution in [0.2, 0.25) is 0 Å². The number of nitrogens with two attached hydrogens (primary N) is 2. The summed E-state index contributed by atoms with van der Waals surface area (Å²) in [6, 6.07) is 0. The summed E-state index contributed by atoms with van der Waals surface area (Å²) in [5, 5.41) is 57.5. The number of imidazole rings is 1. The molecule has 3 rings (SSSR count). The van der Waals surface area contributed by atoms with Crippen LogP contribution in [0, 0.1) is 0 Å². The first-order valence-corrected chi connectivity index (χ1v) is 21.8. The van der Waals surface area contributed by atoms with E-state index in [1.54, 1.807) is 0 Å². The Kier molecular flexibility index (Phi) is 20.6. The smallest absolute Gasteiger partial charge is 0.387 e. The Morgan fingerprint density at radius 2 is 1.30 bits per heavy atom. The van der Waals surface area contributed by atoms with Crippen LogP contribution in [0.1, 0.15) is 26.5 Å². The molecule has 56 heavy (non-hydrogen) atoms. The molecule has 2 aromatic heterocycles. The molecule has 0 aliphatic carbocycles. The number of phosphoric ester groups is 1. The summed E-state index contributed by atoms with van der Waals surface area (Å²) in [5.41, 5.74) is 10.9. The Bertz CT molecular complexity index is 1820. The first-order chi connectivity index (χ1) is 25.0. The van der Waals surface area contributed by atoms with Crippen molar-refractivity contribution in [3.05, 3.63) is 12.7 Å². The van der Waals surface area contributed by atoms with Gasteiger partial charge in [-0.25, -0.2) is 28.6 Å². The summed E-state index contributed by atoms with van der Waals surface area (Å²) in [6.45, 7) is 0.796. The van der Waals surface area contributed by atoms with Crippen LogP contribution in [-0.2, 0) is 50.3 Å². The minimum absolute atomic E-state index is 0.0426. The van der Waals surface area contributed by atoms with Gasteiger partial charge in [-0.05, 0) is 20.4 Å². The maximum Gasteiger partial charge on any atom is 0.490 e. The van der Waals surface area contributed by atoms with E-state index in [2.05, 4.69) is 28.1 Å². The van der Waals surface area contributed by atoms with Crippen LogP contribution < -0.4 is 11.5 Å². The first-order valence-electron chi connectivity index (χ1n) is 14.0. The highest BCUT2D eigenvalue weighted by Crippen LogP contribution is 2.69. The van der Waals surface area contributed by atoms with Crippen LogP contribution >= 0.6 is 38.7 Å². The Morgan fingerprint density at radius 3 is 1.68 bits per heavy atom. The number of aromatic nitrogens is 4. The number of Topliss-reactive ketones (excluding diaryl/α,β-unsaturated/α-hetero) is 2. The van der Waals surface area contributed by atoms with Gasteiger partial charge in [-0.3, -0.25) is 27.8 Å². The van der Waals surface area contributed by atoms with Gasteiger partial charge in [0.05, 0.1) is 12.9 Å². The van der Waals surface area contributed by atoms with Gasteiger partial charge in [0.1, 0.15) is 30.2 Å². The van der Waals surface area contributed by atoms with Gasteiger partial charge in [0, 0.05) is 6.42 Å². The summed E-state index contributed by atoms with van der Waals surface area (Å²) in [4.78, 5) is 101. The Balaban J connectivity index is 0.000000989. The van der Waals surface area contributed by atoms with Crippen molar-refractivity contribution in [3.63, 3.8) is 0 Å². The molecular weight excluding hydrogens is 883 g/mol. The number of nitrogens with zero attached hydrogens (tertiary/aromatic N) is 4. The molecule has 0 spiro atoms. The number of anilines is 1. The molecule has 326 valence electrons. The summed E-state index contributed by atoms with van der Waals surface area (Å²) in [5.74, 6) is -1.22. The lowest BCUT2D eigenvalue weighted by Gasteiger charge is -2.28. The van der Waals surface area contributed by atoms with Crippen LogP contribution in [0.5, 0.6) is 0 Å². The lowest BCUT2D eigenvalue weighted by atomic mass is 10.1. The van der Waals surface area contributed by atoms with E-state index in [4.69, 9.17) is 76.0 Å². The van der Waals surface area contributed by atoms with Gasteiger partial charge >= 0.3 is 38.7 Å². The fourth-order valence-electron chi connectivity index (χ4n) is 3.28. The van der Waals surface area contributed by atoms with Crippen molar-refractivity contribution >= 4 is 67.2 Å². The van der Waals surface area contributed by atoms with E-state index in [-0.39, 0.29) is 17.0 Å². The molecule has 0 bridgehead atoms. The maximum absolute atomic E-state index is 11.8. The second-order valence-electron chi connectivity index (χ2n) is 10.4. The fourth-order valence-corrected chi connectivity index (χ4v) is 8.51. The van der Waals surface area contributed by atoms with Crippen LogP contribution in [0.15, 0.2) is 12.7 Å². The van der Waals surface area contributed by atoms with E-state index in [9.17, 15) is 47.5 Å². The predicted octanol–water partition coefficient (Wildman–Crippen LogP) is -5.52.